The van der Waals surface area contributed by atoms with E-state index in [4.69, 9.17) is 13.1 Å². The van der Waals surface area contributed by atoms with Crippen LogP contribution in [-0.2, 0) is 0 Å². The van der Waals surface area contributed by atoms with E-state index in [1.807, 2.05) is 60.7 Å². The third kappa shape index (κ3) is 4.11. The summed E-state index contributed by atoms with van der Waals surface area (Å²) in [6, 6.07) is 30.1. The third-order valence-corrected chi connectivity index (χ3v) is 5.30. The summed E-state index contributed by atoms with van der Waals surface area (Å²) < 4.78 is 1.04. The molecule has 136 valence electrons. The zero-order valence-electron chi connectivity index (χ0n) is 15.4. The molecule has 0 radical (unpaired) electrons. The van der Waals surface area contributed by atoms with Crippen LogP contribution in [0, 0.1) is 13.1 Å². The van der Waals surface area contributed by atoms with Crippen LogP contribution in [-0.4, -0.2) is 0 Å². The van der Waals surface area contributed by atoms with Crippen molar-refractivity contribution in [3.8, 4) is 33.4 Å². The third-order valence-electron chi connectivity index (χ3n) is 4.77. The SMILES string of the molecule is [C-]#[N+]c1ccc(-c2cc(-c3ccc(Br)cc3)cc(-c3ccc([N+]#[C-])cc3)c2)cc1. The van der Waals surface area contributed by atoms with Crippen molar-refractivity contribution in [1.82, 2.24) is 0 Å². The second-order valence-corrected chi connectivity index (χ2v) is 7.54. The van der Waals surface area contributed by atoms with E-state index >= 15 is 0 Å². The first-order valence-corrected chi connectivity index (χ1v) is 9.82. The highest BCUT2D eigenvalue weighted by Gasteiger charge is 2.08. The lowest BCUT2D eigenvalue weighted by Crippen LogP contribution is -1.86. The maximum atomic E-state index is 7.16. The predicted octanol–water partition coefficient (Wildman–Crippen LogP) is 8.55. The van der Waals surface area contributed by atoms with E-state index in [2.05, 4.69) is 56.0 Å². The van der Waals surface area contributed by atoms with Crippen LogP contribution in [0.4, 0.5) is 11.4 Å². The van der Waals surface area contributed by atoms with Crippen molar-refractivity contribution in [2.75, 3.05) is 0 Å². The number of halogens is 1. The molecular weight excluding hydrogens is 420 g/mol. The summed E-state index contributed by atoms with van der Waals surface area (Å²) in [4.78, 5) is 6.96. The molecule has 29 heavy (non-hydrogen) atoms. The molecule has 4 aromatic carbocycles. The van der Waals surface area contributed by atoms with Crippen LogP contribution >= 0.6 is 15.9 Å². The Morgan fingerprint density at radius 1 is 0.448 bits per heavy atom. The monoisotopic (exact) mass is 434 g/mol. The molecule has 0 atom stereocenters. The number of rotatable bonds is 3. The van der Waals surface area contributed by atoms with Gasteiger partial charge in [-0.2, -0.15) is 0 Å². The lowest BCUT2D eigenvalue weighted by atomic mass is 9.93. The van der Waals surface area contributed by atoms with Crippen molar-refractivity contribution >= 4 is 27.3 Å². The zero-order valence-corrected chi connectivity index (χ0v) is 17.0. The lowest BCUT2D eigenvalue weighted by molar-refractivity contribution is 1.56. The molecule has 0 N–H and O–H groups in total. The molecule has 4 aromatic rings. The fourth-order valence-corrected chi connectivity index (χ4v) is 3.49. The summed E-state index contributed by atoms with van der Waals surface area (Å²) in [7, 11) is 0. The summed E-state index contributed by atoms with van der Waals surface area (Å²) in [6.45, 7) is 14.3. The molecule has 0 aliphatic carbocycles. The fraction of sp³-hybridized carbons (Fsp3) is 0. The minimum Gasteiger partial charge on any atom is -0.238 e. The van der Waals surface area contributed by atoms with Gasteiger partial charge in [0.2, 0.25) is 0 Å². The Bertz CT molecular complexity index is 1170. The van der Waals surface area contributed by atoms with Crippen molar-refractivity contribution < 1.29 is 0 Å². The van der Waals surface area contributed by atoms with Gasteiger partial charge < -0.3 is 0 Å². The number of hydrogen-bond donors (Lipinski definition) is 0. The van der Waals surface area contributed by atoms with Gasteiger partial charge in [0, 0.05) is 4.47 Å². The Balaban J connectivity index is 1.87. The first kappa shape index (κ1) is 18.7. The Hall–Kier alpha value is -3.66. The highest BCUT2D eigenvalue weighted by molar-refractivity contribution is 9.10. The molecule has 0 fully saturated rings. The summed E-state index contributed by atoms with van der Waals surface area (Å²) in [5.41, 5.74) is 7.82. The molecule has 0 saturated carbocycles. The number of hydrogen-bond acceptors (Lipinski definition) is 0. The first-order chi connectivity index (χ1) is 14.2. The van der Waals surface area contributed by atoms with Gasteiger partial charge in [-0.05, 0) is 63.7 Å². The zero-order chi connectivity index (χ0) is 20.2. The number of nitrogens with zero attached hydrogens (tertiary/aromatic N) is 2. The minimum atomic E-state index is 0.632. The van der Waals surface area contributed by atoms with E-state index in [1.165, 1.54) is 0 Å². The molecule has 0 aliphatic heterocycles. The molecule has 4 rings (SSSR count). The Morgan fingerprint density at radius 2 is 0.759 bits per heavy atom. The Kier molecular flexibility index (Phi) is 5.25. The lowest BCUT2D eigenvalue weighted by Gasteiger charge is -2.12. The molecule has 0 aliphatic rings. The summed E-state index contributed by atoms with van der Waals surface area (Å²) >= 11 is 3.50. The quantitative estimate of drug-likeness (QED) is 0.285. The van der Waals surface area contributed by atoms with Crippen molar-refractivity contribution in [3.05, 3.63) is 118 Å². The van der Waals surface area contributed by atoms with Gasteiger partial charge in [0.25, 0.3) is 0 Å². The largest absolute Gasteiger partial charge is 0.238 e. The Morgan fingerprint density at radius 3 is 1.07 bits per heavy atom. The van der Waals surface area contributed by atoms with Crippen LogP contribution in [0.3, 0.4) is 0 Å². The van der Waals surface area contributed by atoms with Crippen molar-refractivity contribution in [1.29, 1.82) is 0 Å². The second-order valence-electron chi connectivity index (χ2n) is 6.62. The molecule has 0 aromatic heterocycles. The maximum absolute atomic E-state index is 7.16. The minimum absolute atomic E-state index is 0.632. The highest BCUT2D eigenvalue weighted by Crippen LogP contribution is 2.34. The van der Waals surface area contributed by atoms with Crippen molar-refractivity contribution in [2.24, 2.45) is 0 Å². The molecule has 0 saturated heterocycles. The molecule has 2 nitrogen and oxygen atoms in total. The normalized spacial score (nSPS) is 10.2. The average Bonchev–Trinajstić information content (AvgIpc) is 2.79. The molecule has 0 heterocycles. The maximum Gasteiger partial charge on any atom is 0.187 e. The topological polar surface area (TPSA) is 8.72 Å². The molecule has 0 unspecified atom stereocenters. The standard InChI is InChI=1S/C26H15BrN2/c1-28-25-11-5-19(6-12-25)22-15-21(18-3-9-24(27)10-4-18)16-23(17-22)20-7-13-26(29-2)14-8-20/h3-17H. The average molecular weight is 435 g/mol. The molecule has 0 bridgehead atoms. The van der Waals surface area contributed by atoms with Crippen molar-refractivity contribution in [2.45, 2.75) is 0 Å². The van der Waals surface area contributed by atoms with Crippen LogP contribution in [0.15, 0.2) is 95.5 Å². The van der Waals surface area contributed by atoms with Gasteiger partial charge in [-0.25, -0.2) is 9.69 Å². The Labute approximate surface area is 178 Å². The summed E-state index contributed by atoms with van der Waals surface area (Å²) in [6.07, 6.45) is 0. The van der Waals surface area contributed by atoms with E-state index < -0.39 is 0 Å². The van der Waals surface area contributed by atoms with Gasteiger partial charge in [0.15, 0.2) is 11.4 Å². The van der Waals surface area contributed by atoms with E-state index in [1.54, 1.807) is 0 Å². The van der Waals surface area contributed by atoms with E-state index in [9.17, 15) is 0 Å². The van der Waals surface area contributed by atoms with Gasteiger partial charge >= 0.3 is 0 Å². The molecular formula is C26H15BrN2. The molecule has 0 spiro atoms. The van der Waals surface area contributed by atoms with Gasteiger partial charge in [-0.15, -0.1) is 0 Å². The van der Waals surface area contributed by atoms with Gasteiger partial charge in [0.1, 0.15) is 0 Å². The molecule has 0 amide bonds. The van der Waals surface area contributed by atoms with E-state index in [0.29, 0.717) is 11.4 Å². The smallest absolute Gasteiger partial charge is 0.187 e. The fourth-order valence-electron chi connectivity index (χ4n) is 3.23. The van der Waals surface area contributed by atoms with Crippen LogP contribution in [0.1, 0.15) is 0 Å². The van der Waals surface area contributed by atoms with Crippen LogP contribution in [0.25, 0.3) is 43.1 Å². The summed E-state index contributed by atoms with van der Waals surface area (Å²) in [5.74, 6) is 0. The first-order valence-electron chi connectivity index (χ1n) is 9.03. The summed E-state index contributed by atoms with van der Waals surface area (Å²) in [5, 5.41) is 0. The van der Waals surface area contributed by atoms with Gasteiger partial charge in [0.05, 0.1) is 13.1 Å². The van der Waals surface area contributed by atoms with E-state index in [-0.39, 0.29) is 0 Å². The van der Waals surface area contributed by atoms with Crippen LogP contribution in [0.5, 0.6) is 0 Å². The van der Waals surface area contributed by atoms with E-state index in [0.717, 1.165) is 37.9 Å². The predicted molar refractivity (Wildman–Crippen MR) is 123 cm³/mol. The van der Waals surface area contributed by atoms with Gasteiger partial charge in [-0.3, -0.25) is 0 Å². The van der Waals surface area contributed by atoms with Crippen LogP contribution in [0.2, 0.25) is 0 Å². The second kappa shape index (κ2) is 8.15. The molecule has 3 heteroatoms. The highest BCUT2D eigenvalue weighted by atomic mass is 79.9. The van der Waals surface area contributed by atoms with Gasteiger partial charge in [-0.1, -0.05) is 76.6 Å². The van der Waals surface area contributed by atoms with Crippen molar-refractivity contribution in [3.63, 3.8) is 0 Å². The number of benzene rings is 4. The van der Waals surface area contributed by atoms with Crippen LogP contribution < -0.4 is 0 Å².